The summed E-state index contributed by atoms with van der Waals surface area (Å²) in [5, 5.41) is 5.99. The first-order chi connectivity index (χ1) is 12.5. The molecule has 1 amide bonds. The molecule has 2 aromatic rings. The third kappa shape index (κ3) is 5.13. The molecule has 0 saturated heterocycles. The molecule has 1 heterocycles. The van der Waals surface area contributed by atoms with Crippen molar-refractivity contribution in [1.29, 1.82) is 0 Å². The van der Waals surface area contributed by atoms with Crippen molar-refractivity contribution in [3.05, 3.63) is 29.9 Å². The summed E-state index contributed by atoms with van der Waals surface area (Å²) in [6.07, 6.45) is 0. The first kappa shape index (κ1) is 21.0. The van der Waals surface area contributed by atoms with Crippen LogP contribution < -0.4 is 10.1 Å². The smallest absolute Gasteiger partial charge is 0.495 e. The Morgan fingerprint density at radius 1 is 1.37 bits per heavy atom. The van der Waals surface area contributed by atoms with E-state index < -0.39 is 26.1 Å². The van der Waals surface area contributed by atoms with Crippen LogP contribution in [0.3, 0.4) is 0 Å². The Kier molecular flexibility index (Phi) is 6.36. The molecule has 0 radical (unpaired) electrons. The summed E-state index contributed by atoms with van der Waals surface area (Å²) >= 11 is 1.14. The first-order valence-corrected chi connectivity index (χ1v) is 9.84. The van der Waals surface area contributed by atoms with E-state index in [1.807, 2.05) is 0 Å². The normalized spacial score (nSPS) is 12.0. The Bertz CT molecular complexity index is 928. The number of sulfone groups is 1. The van der Waals surface area contributed by atoms with Gasteiger partial charge in [0.05, 0.1) is 29.2 Å². The molecule has 1 aromatic heterocycles. The van der Waals surface area contributed by atoms with E-state index in [2.05, 4.69) is 15.5 Å². The Morgan fingerprint density at radius 2 is 2.07 bits per heavy atom. The molecule has 27 heavy (non-hydrogen) atoms. The molecule has 0 aliphatic heterocycles. The van der Waals surface area contributed by atoms with Gasteiger partial charge in [0, 0.05) is 6.92 Å². The van der Waals surface area contributed by atoms with Gasteiger partial charge in [-0.3, -0.25) is 4.79 Å². The zero-order valence-corrected chi connectivity index (χ0v) is 15.7. The Morgan fingerprint density at radius 3 is 2.63 bits per heavy atom. The summed E-state index contributed by atoms with van der Waals surface area (Å²) in [6, 6.07) is 2.49. The second kappa shape index (κ2) is 8.17. The molecule has 1 aromatic carbocycles. The van der Waals surface area contributed by atoms with Crippen molar-refractivity contribution in [2.45, 2.75) is 23.1 Å². The van der Waals surface area contributed by atoms with Crippen LogP contribution in [-0.2, 0) is 20.4 Å². The van der Waals surface area contributed by atoms with Crippen molar-refractivity contribution in [3.63, 3.8) is 0 Å². The minimum atomic E-state index is -5.55. The summed E-state index contributed by atoms with van der Waals surface area (Å²) in [5.41, 5.74) is -5.65. The molecule has 148 valence electrons. The van der Waals surface area contributed by atoms with Crippen LogP contribution in [0, 0.1) is 6.92 Å². The number of nitrogens with zero attached hydrogens (tertiary/aromatic N) is 2. The molecule has 0 unspecified atom stereocenters. The molecular weight excluding hydrogens is 411 g/mol. The number of hydrogen-bond acceptors (Lipinski definition) is 8. The van der Waals surface area contributed by atoms with E-state index in [0.29, 0.717) is 17.8 Å². The number of anilines is 1. The molecule has 8 nitrogen and oxygen atoms in total. The van der Waals surface area contributed by atoms with Crippen molar-refractivity contribution < 1.29 is 35.6 Å². The lowest BCUT2D eigenvalue weighted by Gasteiger charge is -2.13. The summed E-state index contributed by atoms with van der Waals surface area (Å²) in [6.45, 7) is 1.61. The number of methoxy groups -OCH3 is 1. The van der Waals surface area contributed by atoms with Crippen LogP contribution in [0.25, 0.3) is 0 Å². The molecule has 0 saturated carbocycles. The van der Waals surface area contributed by atoms with Crippen molar-refractivity contribution in [3.8, 4) is 5.75 Å². The highest BCUT2D eigenvalue weighted by Gasteiger charge is 2.47. The second-order valence-corrected chi connectivity index (χ2v) is 8.01. The zero-order chi connectivity index (χ0) is 20.2. The van der Waals surface area contributed by atoms with Crippen LogP contribution in [0.1, 0.15) is 11.7 Å². The SMILES string of the molecule is COc1ccc(S(=O)(=O)C(F)(F)F)cc1NC(=O)CSCc1noc(C)n1. The summed E-state index contributed by atoms with van der Waals surface area (Å²) in [7, 11) is -4.32. The average molecular weight is 425 g/mol. The van der Waals surface area contributed by atoms with Gasteiger partial charge in [-0.15, -0.1) is 11.8 Å². The highest BCUT2D eigenvalue weighted by molar-refractivity contribution is 7.99. The number of nitrogens with one attached hydrogen (secondary N) is 1. The van der Waals surface area contributed by atoms with Crippen molar-refractivity contribution >= 4 is 33.2 Å². The Hall–Kier alpha value is -2.28. The van der Waals surface area contributed by atoms with E-state index in [-0.39, 0.29) is 22.9 Å². The lowest BCUT2D eigenvalue weighted by Crippen LogP contribution is -2.23. The van der Waals surface area contributed by atoms with E-state index in [1.54, 1.807) is 6.92 Å². The maximum Gasteiger partial charge on any atom is 0.501 e. The molecule has 0 aliphatic carbocycles. The minimum Gasteiger partial charge on any atom is -0.495 e. The number of ether oxygens (including phenoxy) is 1. The number of hydrogen-bond donors (Lipinski definition) is 1. The minimum absolute atomic E-state index is 0.0169. The lowest BCUT2D eigenvalue weighted by atomic mass is 10.3. The number of aromatic nitrogens is 2. The number of amides is 1. The third-order valence-corrected chi connectivity index (χ3v) is 5.51. The van der Waals surface area contributed by atoms with Crippen LogP contribution in [0.15, 0.2) is 27.6 Å². The number of carbonyl (C=O) groups excluding carboxylic acids is 1. The molecule has 13 heteroatoms. The van der Waals surface area contributed by atoms with Gasteiger partial charge in [0.15, 0.2) is 5.82 Å². The number of alkyl halides is 3. The topological polar surface area (TPSA) is 111 Å². The second-order valence-electron chi connectivity index (χ2n) is 5.08. The van der Waals surface area contributed by atoms with Gasteiger partial charge in [-0.1, -0.05) is 5.16 Å². The third-order valence-electron chi connectivity index (χ3n) is 3.09. The van der Waals surface area contributed by atoms with E-state index >= 15 is 0 Å². The van der Waals surface area contributed by atoms with E-state index in [4.69, 9.17) is 9.26 Å². The fraction of sp³-hybridized carbons (Fsp3) is 0.357. The first-order valence-electron chi connectivity index (χ1n) is 7.21. The lowest BCUT2D eigenvalue weighted by molar-refractivity contribution is -0.113. The molecule has 1 N–H and O–H groups in total. The predicted molar refractivity (Wildman–Crippen MR) is 90.1 cm³/mol. The standard InChI is InChI=1S/C14H14F3N3O5S2/c1-8-18-12(20-25-8)6-26-7-13(21)19-10-5-9(3-4-11(10)24-2)27(22,23)14(15,16)17/h3-5H,6-7H2,1-2H3,(H,19,21). The van der Waals surface area contributed by atoms with Crippen LogP contribution >= 0.6 is 11.8 Å². The predicted octanol–water partition coefficient (Wildman–Crippen LogP) is 2.55. The molecule has 0 bridgehead atoms. The highest BCUT2D eigenvalue weighted by Crippen LogP contribution is 2.34. The number of halogens is 3. The molecule has 0 aliphatic rings. The van der Waals surface area contributed by atoms with Crippen molar-refractivity contribution in [1.82, 2.24) is 10.1 Å². The molecule has 0 spiro atoms. The van der Waals surface area contributed by atoms with Gasteiger partial charge in [-0.05, 0) is 18.2 Å². The van der Waals surface area contributed by atoms with Crippen LogP contribution in [-0.4, -0.2) is 42.8 Å². The Labute approximate surface area is 156 Å². The van der Waals surface area contributed by atoms with Crippen molar-refractivity contribution in [2.75, 3.05) is 18.2 Å². The number of aryl methyl sites for hydroxylation is 1. The fourth-order valence-electron chi connectivity index (χ4n) is 1.91. The van der Waals surface area contributed by atoms with Gasteiger partial charge in [0.25, 0.3) is 9.84 Å². The average Bonchev–Trinajstić information content (AvgIpc) is 2.99. The maximum atomic E-state index is 12.7. The number of rotatable bonds is 7. The van der Waals surface area contributed by atoms with Crippen LogP contribution in [0.4, 0.5) is 18.9 Å². The number of benzene rings is 1. The van der Waals surface area contributed by atoms with Crippen molar-refractivity contribution in [2.24, 2.45) is 0 Å². The summed E-state index contributed by atoms with van der Waals surface area (Å²) in [4.78, 5) is 15.0. The summed E-state index contributed by atoms with van der Waals surface area (Å²) < 4.78 is 70.8. The monoisotopic (exact) mass is 425 g/mol. The molecule has 2 rings (SSSR count). The van der Waals surface area contributed by atoms with E-state index in [1.165, 1.54) is 7.11 Å². The number of carbonyl (C=O) groups is 1. The largest absolute Gasteiger partial charge is 0.501 e. The van der Waals surface area contributed by atoms with Gasteiger partial charge < -0.3 is 14.6 Å². The Balaban J connectivity index is 2.09. The molecule has 0 atom stereocenters. The quantitative estimate of drug-likeness (QED) is 0.721. The van der Waals surface area contributed by atoms with Gasteiger partial charge in [0.1, 0.15) is 5.75 Å². The van der Waals surface area contributed by atoms with Crippen LogP contribution in [0.5, 0.6) is 5.75 Å². The van der Waals surface area contributed by atoms with Gasteiger partial charge in [-0.2, -0.15) is 18.2 Å². The summed E-state index contributed by atoms with van der Waals surface area (Å²) in [5.74, 6) is 0.421. The van der Waals surface area contributed by atoms with Gasteiger partial charge in [-0.25, -0.2) is 8.42 Å². The highest BCUT2D eigenvalue weighted by atomic mass is 32.2. The van der Waals surface area contributed by atoms with Gasteiger partial charge >= 0.3 is 5.51 Å². The fourth-order valence-corrected chi connectivity index (χ4v) is 3.35. The maximum absolute atomic E-state index is 12.7. The van der Waals surface area contributed by atoms with Crippen LogP contribution in [0.2, 0.25) is 0 Å². The van der Waals surface area contributed by atoms with E-state index in [9.17, 15) is 26.4 Å². The molecule has 0 fully saturated rings. The zero-order valence-electron chi connectivity index (χ0n) is 14.0. The molecular formula is C14H14F3N3O5S2. The number of thioether (sulfide) groups is 1. The van der Waals surface area contributed by atoms with E-state index in [0.717, 1.165) is 23.9 Å². The van der Waals surface area contributed by atoms with Gasteiger partial charge in [0.2, 0.25) is 11.8 Å².